The van der Waals surface area contributed by atoms with Gasteiger partial charge in [-0.3, -0.25) is 0 Å². The van der Waals surface area contributed by atoms with Crippen molar-refractivity contribution in [3.05, 3.63) is 59.7 Å². The maximum absolute atomic E-state index is 12.3. The van der Waals surface area contributed by atoms with Crippen LogP contribution >= 0.6 is 11.5 Å². The van der Waals surface area contributed by atoms with Crippen LogP contribution in [0, 0.1) is 12.8 Å². The van der Waals surface area contributed by atoms with Crippen molar-refractivity contribution in [2.45, 2.75) is 40.2 Å². The number of hydrogen-bond donors (Lipinski definition) is 2. The lowest BCUT2D eigenvalue weighted by molar-refractivity contribution is -0.488. The predicted octanol–water partition coefficient (Wildman–Crippen LogP) is 4.44. The molecule has 0 aliphatic heterocycles. The van der Waals surface area contributed by atoms with E-state index in [2.05, 4.69) is 21.7 Å². The quantitative estimate of drug-likeness (QED) is 0.380. The largest absolute Gasteiger partial charge is 0.543 e. The van der Waals surface area contributed by atoms with Crippen molar-refractivity contribution in [3.8, 4) is 11.3 Å². The Morgan fingerprint density at radius 2 is 1.61 bits per heavy atom. The number of amides is 2. The van der Waals surface area contributed by atoms with Crippen molar-refractivity contribution in [2.24, 2.45) is 5.92 Å². The van der Waals surface area contributed by atoms with Crippen LogP contribution in [0.5, 0.6) is 0 Å². The summed E-state index contributed by atoms with van der Waals surface area (Å²) in [6.07, 6.45) is 0.671. The third-order valence-electron chi connectivity index (χ3n) is 5.32. The van der Waals surface area contributed by atoms with Gasteiger partial charge in [-0.15, -0.1) is 0 Å². The van der Waals surface area contributed by atoms with Crippen LogP contribution in [-0.2, 0) is 11.2 Å². The van der Waals surface area contributed by atoms with Gasteiger partial charge in [0.15, 0.2) is 0 Å². The standard InChI is InChI=1S/C25H28N4O3S/c1-6-20-21(28-33-23(20)29(5)22(15(2)3)24(30)31)17-9-13-19(14-10-17)27-25(32)26-18-11-7-16(4)8-12-18/h7-15,22H,5-6H2,1-4H3,(H2-,26,27,28,30,31,32). The fraction of sp³-hybridized carbons (Fsp3) is 0.280. The molecular formula is C25H28N4O3S. The number of anilines is 2. The zero-order valence-corrected chi connectivity index (χ0v) is 20.0. The van der Waals surface area contributed by atoms with Gasteiger partial charge in [0.05, 0.1) is 11.3 Å². The van der Waals surface area contributed by atoms with Gasteiger partial charge >= 0.3 is 6.03 Å². The molecule has 1 heterocycles. The molecule has 0 aliphatic carbocycles. The minimum absolute atomic E-state index is 0.167. The summed E-state index contributed by atoms with van der Waals surface area (Å²) in [5.74, 6) is -1.32. The Labute approximate surface area is 198 Å². The molecule has 7 nitrogen and oxygen atoms in total. The molecule has 172 valence electrons. The summed E-state index contributed by atoms with van der Waals surface area (Å²) < 4.78 is 6.09. The smallest absolute Gasteiger partial charge is 0.323 e. The molecule has 1 atom stereocenters. The normalized spacial score (nSPS) is 11.8. The first-order chi connectivity index (χ1) is 15.7. The van der Waals surface area contributed by atoms with Crippen LogP contribution in [0.25, 0.3) is 11.3 Å². The van der Waals surface area contributed by atoms with Crippen molar-refractivity contribution in [3.63, 3.8) is 0 Å². The van der Waals surface area contributed by atoms with Crippen molar-refractivity contribution >= 4 is 46.6 Å². The second kappa shape index (κ2) is 10.4. The minimum atomic E-state index is -1.16. The topological polar surface area (TPSA) is 97.2 Å². The number of carbonyl (C=O) groups is 2. The summed E-state index contributed by atoms with van der Waals surface area (Å²) >= 11 is 1.23. The number of aryl methyl sites for hydroxylation is 1. The van der Waals surface area contributed by atoms with E-state index in [1.54, 1.807) is 0 Å². The monoisotopic (exact) mass is 464 g/mol. The van der Waals surface area contributed by atoms with E-state index in [1.165, 1.54) is 16.1 Å². The summed E-state index contributed by atoms with van der Waals surface area (Å²) in [4.78, 5) is 23.9. The molecule has 3 aromatic rings. The zero-order valence-electron chi connectivity index (χ0n) is 19.2. The molecule has 0 fully saturated rings. The Morgan fingerprint density at radius 1 is 1.06 bits per heavy atom. The van der Waals surface area contributed by atoms with Crippen molar-refractivity contribution in [1.82, 2.24) is 4.37 Å². The average molecular weight is 465 g/mol. The van der Waals surface area contributed by atoms with Crippen LogP contribution in [0.4, 0.5) is 21.2 Å². The van der Waals surface area contributed by atoms with Gasteiger partial charge in [-0.1, -0.05) is 50.6 Å². The van der Waals surface area contributed by atoms with E-state index in [4.69, 9.17) is 0 Å². The number of nitrogens with zero attached hydrogens (tertiary/aromatic N) is 2. The average Bonchev–Trinajstić information content (AvgIpc) is 3.19. The third-order valence-corrected chi connectivity index (χ3v) is 6.24. The summed E-state index contributed by atoms with van der Waals surface area (Å²) in [5.41, 5.74) is 5.07. The number of hydrogen-bond acceptors (Lipinski definition) is 5. The molecule has 1 unspecified atom stereocenters. The molecule has 0 saturated heterocycles. The van der Waals surface area contributed by atoms with Crippen LogP contribution < -0.4 is 15.7 Å². The first-order valence-electron chi connectivity index (χ1n) is 10.8. The van der Waals surface area contributed by atoms with Crippen LogP contribution in [-0.4, -0.2) is 33.7 Å². The molecule has 1 aromatic heterocycles. The van der Waals surface area contributed by atoms with E-state index in [-0.39, 0.29) is 11.9 Å². The highest BCUT2D eigenvalue weighted by Gasteiger charge is 2.31. The van der Waals surface area contributed by atoms with Gasteiger partial charge in [-0.2, -0.15) is 8.95 Å². The van der Waals surface area contributed by atoms with Gasteiger partial charge in [-0.25, -0.2) is 4.79 Å². The zero-order chi connectivity index (χ0) is 24.1. The molecule has 0 spiro atoms. The Bertz CT molecular complexity index is 1150. The molecular weight excluding hydrogens is 436 g/mol. The number of urea groups is 1. The van der Waals surface area contributed by atoms with Gasteiger partial charge < -0.3 is 20.5 Å². The van der Waals surface area contributed by atoms with Crippen LogP contribution in [0.2, 0.25) is 0 Å². The third kappa shape index (κ3) is 5.64. The van der Waals surface area contributed by atoms with Crippen LogP contribution in [0.15, 0.2) is 48.5 Å². The first kappa shape index (κ1) is 24.1. The lowest BCUT2D eigenvalue weighted by atomic mass is 10.0. The molecule has 3 rings (SSSR count). The number of rotatable bonds is 8. The number of carboxylic acid groups (broad SMARTS) is 1. The summed E-state index contributed by atoms with van der Waals surface area (Å²) in [6.45, 7) is 11.6. The Morgan fingerprint density at radius 3 is 2.09 bits per heavy atom. The van der Waals surface area contributed by atoms with Gasteiger partial charge in [0.2, 0.25) is 6.04 Å². The number of nitrogens with one attached hydrogen (secondary N) is 2. The Balaban J connectivity index is 1.76. The van der Waals surface area contributed by atoms with Gasteiger partial charge in [0.25, 0.3) is 5.00 Å². The summed E-state index contributed by atoms with van der Waals surface area (Å²) in [7, 11) is 0. The van der Waals surface area contributed by atoms with Gasteiger partial charge in [-0.05, 0) is 37.6 Å². The highest BCUT2D eigenvalue weighted by molar-refractivity contribution is 7.09. The summed E-state index contributed by atoms with van der Waals surface area (Å²) in [5, 5.41) is 18.0. The molecule has 0 saturated carbocycles. The molecule has 0 radical (unpaired) electrons. The van der Waals surface area contributed by atoms with E-state index >= 15 is 0 Å². The number of carbonyl (C=O) groups excluding carboxylic acids is 2. The fourth-order valence-electron chi connectivity index (χ4n) is 3.60. The number of carboxylic acids is 1. The van der Waals surface area contributed by atoms with Crippen LogP contribution in [0.1, 0.15) is 31.9 Å². The van der Waals surface area contributed by atoms with Crippen LogP contribution in [0.3, 0.4) is 0 Å². The van der Waals surface area contributed by atoms with Crippen molar-refractivity contribution in [2.75, 3.05) is 10.6 Å². The second-order valence-electron chi connectivity index (χ2n) is 8.17. The van der Waals surface area contributed by atoms with Gasteiger partial charge in [0.1, 0.15) is 12.7 Å². The number of aromatic nitrogens is 1. The van der Waals surface area contributed by atoms with Crippen molar-refractivity contribution in [1.29, 1.82) is 0 Å². The highest BCUT2D eigenvalue weighted by Crippen LogP contribution is 2.36. The number of benzene rings is 2. The molecule has 0 bridgehead atoms. The lowest BCUT2D eigenvalue weighted by Gasteiger charge is -2.18. The van der Waals surface area contributed by atoms with E-state index < -0.39 is 12.0 Å². The Kier molecular flexibility index (Phi) is 7.60. The van der Waals surface area contributed by atoms with E-state index in [0.717, 1.165) is 27.4 Å². The maximum atomic E-state index is 12.3. The SMILES string of the molecule is C=[N+](c1snc(-c2ccc(NC(=O)Nc3ccc(C)cc3)cc2)c1CC)C(C(=O)[O-])C(C)C. The maximum Gasteiger partial charge on any atom is 0.323 e. The Hall–Kier alpha value is -3.52. The molecule has 0 aliphatic rings. The summed E-state index contributed by atoms with van der Waals surface area (Å²) in [6, 6.07) is 13.8. The fourth-order valence-corrected chi connectivity index (χ4v) is 4.56. The van der Waals surface area contributed by atoms with E-state index in [9.17, 15) is 14.7 Å². The highest BCUT2D eigenvalue weighted by atomic mass is 32.1. The molecule has 8 heteroatoms. The molecule has 2 N–H and O–H groups in total. The predicted molar refractivity (Wildman–Crippen MR) is 131 cm³/mol. The van der Waals surface area contributed by atoms with Crippen molar-refractivity contribution < 1.29 is 19.3 Å². The lowest BCUT2D eigenvalue weighted by Crippen LogP contribution is -2.44. The minimum Gasteiger partial charge on any atom is -0.543 e. The first-order valence-corrected chi connectivity index (χ1v) is 11.5. The van der Waals surface area contributed by atoms with E-state index in [1.807, 2.05) is 76.2 Å². The number of aliphatic carboxylic acids is 1. The van der Waals surface area contributed by atoms with E-state index in [0.29, 0.717) is 17.8 Å². The second-order valence-corrected chi connectivity index (χ2v) is 8.92. The molecule has 2 aromatic carbocycles. The van der Waals surface area contributed by atoms with Gasteiger partial charge in [0, 0.05) is 34.4 Å². The molecule has 33 heavy (non-hydrogen) atoms. The molecule has 2 amide bonds.